The van der Waals surface area contributed by atoms with Crippen LogP contribution in [-0.2, 0) is 4.79 Å². The molecule has 1 aromatic heterocycles. The van der Waals surface area contributed by atoms with Gasteiger partial charge in [-0.05, 0) is 62.7 Å². The highest BCUT2D eigenvalue weighted by atomic mass is 16.5. The minimum absolute atomic E-state index is 0.0278. The van der Waals surface area contributed by atoms with E-state index in [4.69, 9.17) is 4.74 Å². The van der Waals surface area contributed by atoms with Crippen LogP contribution in [0.25, 0.3) is 11.8 Å². The molecule has 0 spiro atoms. The van der Waals surface area contributed by atoms with Gasteiger partial charge >= 0.3 is 0 Å². The number of carbonyl (C=O) groups excluding carboxylic acids is 1. The van der Waals surface area contributed by atoms with E-state index in [1.165, 1.54) is 12.7 Å². The van der Waals surface area contributed by atoms with Crippen LogP contribution < -0.4 is 10.1 Å². The Bertz CT molecular complexity index is 1120. The van der Waals surface area contributed by atoms with Crippen LogP contribution in [0.4, 0.5) is 5.69 Å². The van der Waals surface area contributed by atoms with Crippen LogP contribution in [0.15, 0.2) is 60.2 Å². The SMILES string of the molecule is COc1ccccc1NC(=O)/C(C#N)=C/c1cc(C)n(-c2ccc(C)cc2)c1C. The molecule has 5 nitrogen and oxygen atoms in total. The number of amides is 1. The van der Waals surface area contributed by atoms with E-state index in [0.717, 1.165) is 22.6 Å². The molecule has 0 aliphatic rings. The lowest BCUT2D eigenvalue weighted by atomic mass is 10.1. The number of nitrogens with one attached hydrogen (secondary N) is 1. The summed E-state index contributed by atoms with van der Waals surface area (Å²) in [6.07, 6.45) is 1.62. The molecule has 0 aliphatic heterocycles. The van der Waals surface area contributed by atoms with Crippen molar-refractivity contribution in [1.82, 2.24) is 4.57 Å². The van der Waals surface area contributed by atoms with Gasteiger partial charge in [-0.3, -0.25) is 4.79 Å². The maximum Gasteiger partial charge on any atom is 0.266 e. The molecular formula is C24H23N3O2. The first-order chi connectivity index (χ1) is 13.9. The van der Waals surface area contributed by atoms with E-state index in [9.17, 15) is 10.1 Å². The lowest BCUT2D eigenvalue weighted by Gasteiger charge is -2.10. The molecular weight excluding hydrogens is 362 g/mol. The first kappa shape index (κ1) is 20.0. The van der Waals surface area contributed by atoms with Gasteiger partial charge in [-0.15, -0.1) is 0 Å². The predicted molar refractivity (Wildman–Crippen MR) is 115 cm³/mol. The van der Waals surface area contributed by atoms with Crippen LogP contribution in [0, 0.1) is 32.1 Å². The van der Waals surface area contributed by atoms with Crippen molar-refractivity contribution in [3.05, 3.63) is 82.7 Å². The van der Waals surface area contributed by atoms with Crippen LogP contribution in [-0.4, -0.2) is 17.6 Å². The number of carbonyl (C=O) groups is 1. The number of hydrogen-bond donors (Lipinski definition) is 1. The van der Waals surface area contributed by atoms with Crippen LogP contribution in [0.3, 0.4) is 0 Å². The molecule has 146 valence electrons. The molecule has 0 bridgehead atoms. The predicted octanol–water partition coefficient (Wildman–Crippen LogP) is 4.96. The average molecular weight is 385 g/mol. The normalized spacial score (nSPS) is 11.1. The zero-order valence-corrected chi connectivity index (χ0v) is 17.0. The van der Waals surface area contributed by atoms with Crippen molar-refractivity contribution >= 4 is 17.7 Å². The van der Waals surface area contributed by atoms with Crippen LogP contribution >= 0.6 is 0 Å². The van der Waals surface area contributed by atoms with Crippen molar-refractivity contribution in [3.63, 3.8) is 0 Å². The van der Waals surface area contributed by atoms with Gasteiger partial charge in [-0.25, -0.2) is 0 Å². The fraction of sp³-hybridized carbons (Fsp3) is 0.167. The Labute approximate surface area is 170 Å². The number of hydrogen-bond acceptors (Lipinski definition) is 3. The Morgan fingerprint density at radius 2 is 1.79 bits per heavy atom. The molecule has 0 radical (unpaired) electrons. The number of anilines is 1. The fourth-order valence-corrected chi connectivity index (χ4v) is 3.27. The van der Waals surface area contributed by atoms with E-state index in [1.807, 2.05) is 39.0 Å². The number of methoxy groups -OCH3 is 1. The summed E-state index contributed by atoms with van der Waals surface area (Å²) in [5.41, 5.74) is 5.60. The maximum atomic E-state index is 12.7. The van der Waals surface area contributed by atoms with E-state index < -0.39 is 5.91 Å². The third kappa shape index (κ3) is 4.22. The summed E-state index contributed by atoms with van der Waals surface area (Å²) < 4.78 is 7.36. The minimum atomic E-state index is -0.475. The van der Waals surface area contributed by atoms with Crippen molar-refractivity contribution in [3.8, 4) is 17.5 Å². The molecule has 0 aliphatic carbocycles. The summed E-state index contributed by atoms with van der Waals surface area (Å²) >= 11 is 0. The van der Waals surface area contributed by atoms with E-state index in [-0.39, 0.29) is 5.57 Å². The average Bonchev–Trinajstić information content (AvgIpc) is 3.00. The summed E-state index contributed by atoms with van der Waals surface area (Å²) in [7, 11) is 1.53. The Hall–Kier alpha value is -3.78. The molecule has 3 aromatic rings. The fourth-order valence-electron chi connectivity index (χ4n) is 3.27. The summed E-state index contributed by atoms with van der Waals surface area (Å²) in [4.78, 5) is 12.7. The van der Waals surface area contributed by atoms with Crippen molar-refractivity contribution in [2.75, 3.05) is 12.4 Å². The molecule has 5 heteroatoms. The second-order valence-electron chi connectivity index (χ2n) is 6.82. The second kappa shape index (κ2) is 8.49. The minimum Gasteiger partial charge on any atom is -0.495 e. The summed E-state index contributed by atoms with van der Waals surface area (Å²) in [5.74, 6) is 0.0628. The quantitative estimate of drug-likeness (QED) is 0.499. The number of aromatic nitrogens is 1. The first-order valence-corrected chi connectivity index (χ1v) is 9.26. The maximum absolute atomic E-state index is 12.7. The van der Waals surface area contributed by atoms with Gasteiger partial charge in [0.2, 0.25) is 0 Å². The molecule has 0 atom stereocenters. The third-order valence-electron chi connectivity index (χ3n) is 4.78. The number of ether oxygens (including phenoxy) is 1. The highest BCUT2D eigenvalue weighted by Crippen LogP contribution is 2.25. The Morgan fingerprint density at radius 3 is 2.45 bits per heavy atom. The highest BCUT2D eigenvalue weighted by molar-refractivity contribution is 6.10. The molecule has 0 saturated carbocycles. The number of aryl methyl sites for hydroxylation is 2. The number of nitrogens with zero attached hydrogens (tertiary/aromatic N) is 2. The topological polar surface area (TPSA) is 67.0 Å². The van der Waals surface area contributed by atoms with Crippen LogP contribution in [0.1, 0.15) is 22.5 Å². The van der Waals surface area contributed by atoms with Gasteiger partial charge in [0.1, 0.15) is 17.4 Å². The van der Waals surface area contributed by atoms with Crippen LogP contribution in [0.2, 0.25) is 0 Å². The van der Waals surface area contributed by atoms with Crippen molar-refractivity contribution < 1.29 is 9.53 Å². The van der Waals surface area contributed by atoms with Gasteiger partial charge in [-0.1, -0.05) is 29.8 Å². The largest absolute Gasteiger partial charge is 0.495 e. The summed E-state index contributed by atoms with van der Waals surface area (Å²) in [6.45, 7) is 6.03. The Morgan fingerprint density at radius 1 is 1.10 bits per heavy atom. The van der Waals surface area contributed by atoms with Crippen molar-refractivity contribution in [2.45, 2.75) is 20.8 Å². The van der Waals surface area contributed by atoms with Crippen molar-refractivity contribution in [2.24, 2.45) is 0 Å². The van der Waals surface area contributed by atoms with Gasteiger partial charge in [0, 0.05) is 17.1 Å². The molecule has 29 heavy (non-hydrogen) atoms. The molecule has 0 saturated heterocycles. The van der Waals surface area contributed by atoms with E-state index in [1.54, 1.807) is 24.3 Å². The number of benzene rings is 2. The zero-order chi connectivity index (χ0) is 21.0. The van der Waals surface area contributed by atoms with Gasteiger partial charge in [0.05, 0.1) is 12.8 Å². The zero-order valence-electron chi connectivity index (χ0n) is 17.0. The Balaban J connectivity index is 1.93. The number of rotatable bonds is 5. The lowest BCUT2D eigenvalue weighted by Crippen LogP contribution is -2.14. The van der Waals surface area contributed by atoms with Gasteiger partial charge in [0.15, 0.2) is 0 Å². The molecule has 0 unspecified atom stereocenters. The highest BCUT2D eigenvalue weighted by Gasteiger charge is 2.15. The standard InChI is InChI=1S/C24H23N3O2/c1-16-9-11-21(12-10-16)27-17(2)13-19(18(27)3)14-20(15-25)24(28)26-22-7-5-6-8-23(22)29-4/h5-14H,1-4H3,(H,26,28)/b20-14+. The molecule has 1 N–H and O–H groups in total. The number of para-hydroxylation sites is 2. The van der Waals surface area contributed by atoms with Gasteiger partial charge in [-0.2, -0.15) is 5.26 Å². The van der Waals surface area contributed by atoms with E-state index >= 15 is 0 Å². The third-order valence-corrected chi connectivity index (χ3v) is 4.78. The number of nitriles is 1. The molecule has 1 amide bonds. The summed E-state index contributed by atoms with van der Waals surface area (Å²) in [6, 6.07) is 19.3. The molecule has 0 fully saturated rings. The monoisotopic (exact) mass is 385 g/mol. The lowest BCUT2D eigenvalue weighted by molar-refractivity contribution is -0.112. The smallest absolute Gasteiger partial charge is 0.266 e. The van der Waals surface area contributed by atoms with Crippen molar-refractivity contribution in [1.29, 1.82) is 5.26 Å². The molecule has 1 heterocycles. The summed E-state index contributed by atoms with van der Waals surface area (Å²) in [5, 5.41) is 12.3. The van der Waals surface area contributed by atoms with Gasteiger partial charge in [0.25, 0.3) is 5.91 Å². The first-order valence-electron chi connectivity index (χ1n) is 9.26. The van der Waals surface area contributed by atoms with Crippen LogP contribution in [0.5, 0.6) is 5.75 Å². The van der Waals surface area contributed by atoms with E-state index in [2.05, 4.69) is 34.1 Å². The molecule has 3 rings (SSSR count). The Kier molecular flexibility index (Phi) is 5.85. The van der Waals surface area contributed by atoms with Gasteiger partial charge < -0.3 is 14.6 Å². The molecule has 2 aromatic carbocycles. The second-order valence-corrected chi connectivity index (χ2v) is 6.82. The van der Waals surface area contributed by atoms with E-state index in [0.29, 0.717) is 11.4 Å².